The van der Waals surface area contributed by atoms with Crippen molar-refractivity contribution in [1.82, 2.24) is 4.90 Å². The second-order valence-electron chi connectivity index (χ2n) is 7.71. The maximum Gasteiger partial charge on any atom is 0.119 e. The highest BCUT2D eigenvalue weighted by atomic mass is 35.5. The number of fused-ring (bicyclic) bond motifs is 4. The molecule has 1 aliphatic heterocycles. The molecule has 1 heterocycles. The van der Waals surface area contributed by atoms with Crippen LogP contribution in [0.15, 0.2) is 42.5 Å². The molecule has 2 bridgehead atoms. The molecule has 0 spiro atoms. The average Bonchev–Trinajstić information content (AvgIpc) is 2.67. The first-order valence-corrected chi connectivity index (χ1v) is 9.39. The van der Waals surface area contributed by atoms with Crippen molar-refractivity contribution in [1.29, 1.82) is 5.26 Å². The third kappa shape index (κ3) is 2.22. The maximum atomic E-state index is 9.37. The summed E-state index contributed by atoms with van der Waals surface area (Å²) in [6.07, 6.45) is 1.85. The SMILES string of the molecule is COc1ccc2c(c1)C1(C)CCN(C)C(C2)C1(Cl)c1cccc(C#N)c1. The lowest BCUT2D eigenvalue weighted by Crippen LogP contribution is -2.65. The minimum atomic E-state index is -0.591. The van der Waals surface area contributed by atoms with E-state index in [0.29, 0.717) is 5.56 Å². The van der Waals surface area contributed by atoms with E-state index in [9.17, 15) is 5.26 Å². The molecule has 2 aromatic carbocycles. The molecule has 1 saturated heterocycles. The minimum absolute atomic E-state index is 0.178. The lowest BCUT2D eigenvalue weighted by Gasteiger charge is -2.60. The maximum absolute atomic E-state index is 9.37. The van der Waals surface area contributed by atoms with Gasteiger partial charge in [-0.15, -0.1) is 11.6 Å². The lowest BCUT2D eigenvalue weighted by molar-refractivity contribution is 0.0580. The monoisotopic (exact) mass is 366 g/mol. The first-order chi connectivity index (χ1) is 12.4. The fourth-order valence-corrected chi connectivity index (χ4v) is 5.50. The van der Waals surface area contributed by atoms with Crippen molar-refractivity contribution in [3.63, 3.8) is 0 Å². The molecule has 0 amide bonds. The number of piperidine rings is 1. The zero-order valence-corrected chi connectivity index (χ0v) is 16.2. The van der Waals surface area contributed by atoms with Gasteiger partial charge in [-0.05, 0) is 67.4 Å². The highest BCUT2D eigenvalue weighted by Crippen LogP contribution is 2.59. The van der Waals surface area contributed by atoms with Crippen molar-refractivity contribution in [2.45, 2.75) is 36.1 Å². The van der Waals surface area contributed by atoms with Crippen LogP contribution in [0.25, 0.3) is 0 Å². The number of benzene rings is 2. The quantitative estimate of drug-likeness (QED) is 0.746. The summed E-state index contributed by atoms with van der Waals surface area (Å²) in [4.78, 5) is 1.78. The van der Waals surface area contributed by atoms with Gasteiger partial charge in [0.2, 0.25) is 0 Å². The molecule has 134 valence electrons. The van der Waals surface area contributed by atoms with E-state index >= 15 is 0 Å². The number of hydrogen-bond acceptors (Lipinski definition) is 3. The first-order valence-electron chi connectivity index (χ1n) is 9.01. The van der Waals surface area contributed by atoms with Crippen LogP contribution in [0.4, 0.5) is 0 Å². The topological polar surface area (TPSA) is 36.3 Å². The van der Waals surface area contributed by atoms with Crippen molar-refractivity contribution in [3.05, 3.63) is 64.7 Å². The number of nitrogens with zero attached hydrogens (tertiary/aromatic N) is 2. The summed E-state index contributed by atoms with van der Waals surface area (Å²) in [5.41, 5.74) is 4.08. The van der Waals surface area contributed by atoms with E-state index in [2.05, 4.69) is 43.1 Å². The number of alkyl halides is 1. The fraction of sp³-hybridized carbons (Fsp3) is 0.409. The van der Waals surface area contributed by atoms with Gasteiger partial charge in [0.1, 0.15) is 5.75 Å². The fourth-order valence-electron chi connectivity index (χ4n) is 4.94. The van der Waals surface area contributed by atoms with Crippen LogP contribution in [0, 0.1) is 11.3 Å². The third-order valence-electron chi connectivity index (χ3n) is 6.50. The summed E-state index contributed by atoms with van der Waals surface area (Å²) < 4.78 is 5.50. The number of likely N-dealkylation sites (tertiary alicyclic amines) is 1. The third-order valence-corrected chi connectivity index (χ3v) is 7.38. The molecule has 0 saturated carbocycles. The van der Waals surface area contributed by atoms with Crippen LogP contribution in [0.3, 0.4) is 0 Å². The molecule has 4 heteroatoms. The minimum Gasteiger partial charge on any atom is -0.497 e. The second-order valence-corrected chi connectivity index (χ2v) is 8.31. The Kier molecular flexibility index (Phi) is 4.02. The Morgan fingerprint density at radius 1 is 1.27 bits per heavy atom. The molecular formula is C22H23ClN2O. The molecule has 0 N–H and O–H groups in total. The number of nitriles is 1. The van der Waals surface area contributed by atoms with Crippen molar-refractivity contribution >= 4 is 11.6 Å². The summed E-state index contributed by atoms with van der Waals surface area (Å²) in [5, 5.41) is 9.37. The Bertz CT molecular complexity index is 905. The van der Waals surface area contributed by atoms with Gasteiger partial charge < -0.3 is 9.64 Å². The molecule has 3 unspecified atom stereocenters. The predicted molar refractivity (Wildman–Crippen MR) is 104 cm³/mol. The lowest BCUT2D eigenvalue weighted by atomic mass is 9.56. The largest absolute Gasteiger partial charge is 0.497 e. The molecular weight excluding hydrogens is 344 g/mol. The first kappa shape index (κ1) is 17.4. The Morgan fingerprint density at radius 2 is 2.08 bits per heavy atom. The van der Waals surface area contributed by atoms with Crippen LogP contribution >= 0.6 is 11.6 Å². The standard InChI is InChI=1S/C22H23ClN2O/c1-21-9-10-25(2)20(12-16-7-8-18(26-3)13-19(16)21)22(21,23)17-6-4-5-15(11-17)14-24/h4-8,11,13,20H,9-10,12H2,1-3H3. The van der Waals surface area contributed by atoms with E-state index in [1.807, 2.05) is 24.3 Å². The van der Waals surface area contributed by atoms with Crippen LogP contribution in [0.5, 0.6) is 5.75 Å². The van der Waals surface area contributed by atoms with Crippen LogP contribution in [-0.4, -0.2) is 31.6 Å². The number of halogens is 1. The van der Waals surface area contributed by atoms with Crippen LogP contribution in [-0.2, 0) is 16.7 Å². The van der Waals surface area contributed by atoms with Crippen LogP contribution in [0.2, 0.25) is 0 Å². The molecule has 4 rings (SSSR count). The summed E-state index contributed by atoms with van der Waals surface area (Å²) in [6, 6.07) is 16.6. The van der Waals surface area contributed by atoms with Gasteiger partial charge in [-0.25, -0.2) is 0 Å². The molecule has 26 heavy (non-hydrogen) atoms. The van der Waals surface area contributed by atoms with Crippen molar-refractivity contribution in [3.8, 4) is 11.8 Å². The van der Waals surface area contributed by atoms with Crippen LogP contribution in [0.1, 0.15) is 35.6 Å². The van der Waals surface area contributed by atoms with Gasteiger partial charge in [0.15, 0.2) is 0 Å². The number of likely N-dealkylation sites (N-methyl/N-ethyl adjacent to an activating group) is 1. The van der Waals surface area contributed by atoms with Crippen molar-refractivity contribution in [2.75, 3.05) is 20.7 Å². The molecule has 1 fully saturated rings. The van der Waals surface area contributed by atoms with Gasteiger partial charge in [0.25, 0.3) is 0 Å². The van der Waals surface area contributed by atoms with E-state index in [0.717, 1.165) is 30.7 Å². The molecule has 0 aromatic heterocycles. The molecule has 2 aromatic rings. The van der Waals surface area contributed by atoms with Gasteiger partial charge in [0.05, 0.1) is 23.6 Å². The summed E-state index contributed by atoms with van der Waals surface area (Å²) in [7, 11) is 3.86. The summed E-state index contributed by atoms with van der Waals surface area (Å²) in [5.74, 6) is 0.868. The Morgan fingerprint density at radius 3 is 2.81 bits per heavy atom. The normalized spacial score (nSPS) is 30.3. The van der Waals surface area contributed by atoms with Gasteiger partial charge in [0, 0.05) is 11.5 Å². The zero-order chi connectivity index (χ0) is 18.5. The Balaban J connectivity index is 1.97. The highest BCUT2D eigenvalue weighted by Gasteiger charge is 2.60. The molecule has 2 aliphatic rings. The smallest absolute Gasteiger partial charge is 0.119 e. The van der Waals surface area contributed by atoms with E-state index in [1.165, 1.54) is 11.1 Å². The predicted octanol–water partition coefficient (Wildman–Crippen LogP) is 4.22. The molecule has 0 radical (unpaired) electrons. The van der Waals surface area contributed by atoms with E-state index < -0.39 is 4.87 Å². The molecule has 3 atom stereocenters. The summed E-state index contributed by atoms with van der Waals surface area (Å²) >= 11 is 7.56. The number of rotatable bonds is 2. The van der Waals surface area contributed by atoms with Gasteiger partial charge in [-0.2, -0.15) is 5.26 Å². The Labute approximate surface area is 160 Å². The van der Waals surface area contributed by atoms with Crippen molar-refractivity contribution < 1.29 is 4.74 Å². The van der Waals surface area contributed by atoms with Gasteiger partial charge >= 0.3 is 0 Å². The van der Waals surface area contributed by atoms with E-state index in [4.69, 9.17) is 16.3 Å². The van der Waals surface area contributed by atoms with Gasteiger partial charge in [-0.3, -0.25) is 0 Å². The van der Waals surface area contributed by atoms with Gasteiger partial charge in [-0.1, -0.05) is 25.1 Å². The van der Waals surface area contributed by atoms with E-state index in [-0.39, 0.29) is 11.5 Å². The molecule has 3 nitrogen and oxygen atoms in total. The number of methoxy groups -OCH3 is 1. The zero-order valence-electron chi connectivity index (χ0n) is 15.4. The van der Waals surface area contributed by atoms with Crippen molar-refractivity contribution in [2.24, 2.45) is 0 Å². The Hall–Kier alpha value is -2.02. The second kappa shape index (κ2) is 6.01. The number of hydrogen-bond donors (Lipinski definition) is 0. The van der Waals surface area contributed by atoms with E-state index in [1.54, 1.807) is 7.11 Å². The average molecular weight is 367 g/mol. The van der Waals surface area contributed by atoms with Crippen LogP contribution < -0.4 is 4.74 Å². The summed E-state index contributed by atoms with van der Waals surface area (Å²) in [6.45, 7) is 3.28. The highest BCUT2D eigenvalue weighted by molar-refractivity contribution is 6.26. The molecule has 1 aliphatic carbocycles. The number of ether oxygens (including phenoxy) is 1.